The molecule has 3 nitrogen and oxygen atoms in total. The molecule has 0 aliphatic heterocycles. The van der Waals surface area contributed by atoms with Crippen molar-refractivity contribution in [3.63, 3.8) is 0 Å². The van der Waals surface area contributed by atoms with Crippen molar-refractivity contribution in [2.24, 2.45) is 0 Å². The van der Waals surface area contributed by atoms with Crippen LogP contribution in [-0.2, 0) is 4.74 Å². The second-order valence-corrected chi connectivity index (χ2v) is 3.23. The number of ether oxygens (including phenoxy) is 1. The van der Waals surface area contributed by atoms with Gasteiger partial charge in [-0.2, -0.15) is 5.26 Å². The van der Waals surface area contributed by atoms with Gasteiger partial charge >= 0.3 is 0 Å². The lowest BCUT2D eigenvalue weighted by molar-refractivity contribution is 0.180. The van der Waals surface area contributed by atoms with Crippen LogP contribution >= 0.6 is 11.6 Å². The first kappa shape index (κ1) is 11.7. The van der Waals surface area contributed by atoms with Gasteiger partial charge in [0.2, 0.25) is 0 Å². The molecule has 0 rings (SSSR count). The highest BCUT2D eigenvalue weighted by Crippen LogP contribution is 1.97. The molecule has 0 bridgehead atoms. The molecular weight excluding hydrogens is 176 g/mol. The number of alkyl halides is 1. The van der Waals surface area contributed by atoms with Crippen LogP contribution in [0.15, 0.2) is 0 Å². The van der Waals surface area contributed by atoms with Gasteiger partial charge in [-0.05, 0) is 13.5 Å². The Morgan fingerprint density at radius 1 is 1.67 bits per heavy atom. The number of hydrogen-bond donors (Lipinski definition) is 0. The minimum atomic E-state index is -0.405. The Hall–Kier alpha value is -0.300. The van der Waals surface area contributed by atoms with E-state index < -0.39 is 5.38 Å². The van der Waals surface area contributed by atoms with Gasteiger partial charge in [-0.3, -0.25) is 0 Å². The van der Waals surface area contributed by atoms with Crippen LogP contribution < -0.4 is 0 Å². The Bertz CT molecular complexity index is 146. The molecule has 12 heavy (non-hydrogen) atoms. The summed E-state index contributed by atoms with van der Waals surface area (Å²) in [6.07, 6.45) is 0.974. The maximum atomic E-state index is 8.42. The molecule has 0 aromatic carbocycles. The molecule has 1 atom stereocenters. The van der Waals surface area contributed by atoms with Gasteiger partial charge in [-0.25, -0.2) is 0 Å². The molecule has 0 saturated carbocycles. The Balaban J connectivity index is 3.34. The summed E-state index contributed by atoms with van der Waals surface area (Å²) in [6.45, 7) is 2.28. The van der Waals surface area contributed by atoms with Crippen LogP contribution in [0.25, 0.3) is 0 Å². The fraction of sp³-hybridized carbons (Fsp3) is 0.875. The molecule has 0 radical (unpaired) electrons. The normalized spacial score (nSPS) is 12.9. The van der Waals surface area contributed by atoms with Gasteiger partial charge < -0.3 is 9.64 Å². The van der Waals surface area contributed by atoms with E-state index in [9.17, 15) is 0 Å². The number of nitriles is 1. The van der Waals surface area contributed by atoms with Gasteiger partial charge in [0, 0.05) is 26.8 Å². The molecular formula is C8H15ClN2O. The third kappa shape index (κ3) is 6.41. The summed E-state index contributed by atoms with van der Waals surface area (Å²) in [5.41, 5.74) is 0. The summed E-state index contributed by atoms with van der Waals surface area (Å²) >= 11 is 5.64. The average Bonchev–Trinajstić information content (AvgIpc) is 2.05. The summed E-state index contributed by atoms with van der Waals surface area (Å²) in [5.74, 6) is 0. The van der Waals surface area contributed by atoms with Crippen LogP contribution in [0.2, 0.25) is 0 Å². The Morgan fingerprint density at radius 2 is 2.33 bits per heavy atom. The van der Waals surface area contributed by atoms with Crippen LogP contribution in [0, 0.1) is 11.3 Å². The molecule has 0 heterocycles. The van der Waals surface area contributed by atoms with Crippen LogP contribution in [-0.4, -0.2) is 44.1 Å². The third-order valence-electron chi connectivity index (χ3n) is 1.50. The topological polar surface area (TPSA) is 36.3 Å². The van der Waals surface area contributed by atoms with Crippen molar-refractivity contribution < 1.29 is 4.74 Å². The minimum absolute atomic E-state index is 0.405. The summed E-state index contributed by atoms with van der Waals surface area (Å²) in [6, 6.07) is 1.98. The highest BCUT2D eigenvalue weighted by atomic mass is 35.5. The first-order chi connectivity index (χ1) is 5.70. The zero-order valence-corrected chi connectivity index (χ0v) is 8.34. The van der Waals surface area contributed by atoms with Crippen molar-refractivity contribution in [2.75, 3.05) is 33.9 Å². The van der Waals surface area contributed by atoms with E-state index in [2.05, 4.69) is 0 Å². The van der Waals surface area contributed by atoms with Crippen molar-refractivity contribution in [3.05, 3.63) is 0 Å². The predicted molar refractivity (Wildman–Crippen MR) is 49.2 cm³/mol. The van der Waals surface area contributed by atoms with Crippen molar-refractivity contribution in [2.45, 2.75) is 11.8 Å². The smallest absolute Gasteiger partial charge is 0.133 e. The molecule has 0 aliphatic carbocycles. The molecule has 4 heteroatoms. The highest BCUT2D eigenvalue weighted by molar-refractivity contribution is 6.22. The van der Waals surface area contributed by atoms with E-state index in [1.165, 1.54) is 0 Å². The molecule has 0 aromatic rings. The fourth-order valence-corrected chi connectivity index (χ4v) is 1.12. The second-order valence-electron chi connectivity index (χ2n) is 2.71. The minimum Gasteiger partial charge on any atom is -0.385 e. The highest BCUT2D eigenvalue weighted by Gasteiger charge is 2.05. The molecule has 0 spiro atoms. The van der Waals surface area contributed by atoms with Crippen LogP contribution in [0.3, 0.4) is 0 Å². The van der Waals surface area contributed by atoms with Gasteiger partial charge in [-0.15, -0.1) is 11.6 Å². The van der Waals surface area contributed by atoms with Gasteiger partial charge in [0.1, 0.15) is 5.38 Å². The lowest BCUT2D eigenvalue weighted by Gasteiger charge is -2.15. The van der Waals surface area contributed by atoms with E-state index in [4.69, 9.17) is 21.6 Å². The molecule has 70 valence electrons. The number of methoxy groups -OCH3 is 1. The van der Waals surface area contributed by atoms with E-state index in [0.29, 0.717) is 6.54 Å². The number of halogens is 1. The summed E-state index contributed by atoms with van der Waals surface area (Å²) in [4.78, 5) is 2.03. The van der Waals surface area contributed by atoms with Crippen LogP contribution in [0.1, 0.15) is 6.42 Å². The lowest BCUT2D eigenvalue weighted by Crippen LogP contribution is -2.27. The molecule has 0 N–H and O–H groups in total. The largest absolute Gasteiger partial charge is 0.385 e. The zero-order valence-electron chi connectivity index (χ0n) is 7.59. The Labute approximate surface area is 78.9 Å². The molecule has 0 amide bonds. The van der Waals surface area contributed by atoms with E-state index in [-0.39, 0.29) is 0 Å². The van der Waals surface area contributed by atoms with Crippen LogP contribution in [0.4, 0.5) is 0 Å². The quantitative estimate of drug-likeness (QED) is 0.465. The van der Waals surface area contributed by atoms with E-state index >= 15 is 0 Å². The summed E-state index contributed by atoms with van der Waals surface area (Å²) in [7, 11) is 3.63. The number of rotatable bonds is 6. The predicted octanol–water partition coefficient (Wildman–Crippen LogP) is 1.09. The third-order valence-corrected chi connectivity index (χ3v) is 1.74. The number of hydrogen-bond acceptors (Lipinski definition) is 3. The van der Waals surface area contributed by atoms with Gasteiger partial charge in [-0.1, -0.05) is 0 Å². The molecule has 0 fully saturated rings. The lowest BCUT2D eigenvalue weighted by atomic mass is 10.3. The van der Waals surface area contributed by atoms with Crippen molar-refractivity contribution >= 4 is 11.6 Å². The van der Waals surface area contributed by atoms with E-state index in [0.717, 1.165) is 19.6 Å². The van der Waals surface area contributed by atoms with Gasteiger partial charge in [0.05, 0.1) is 6.07 Å². The SMILES string of the molecule is COCCCN(C)CC(Cl)C#N. The molecule has 0 saturated heterocycles. The molecule has 0 aromatic heterocycles. The Kier molecular flexibility index (Phi) is 7.17. The summed E-state index contributed by atoms with van der Waals surface area (Å²) in [5, 5.41) is 8.02. The van der Waals surface area contributed by atoms with Gasteiger partial charge in [0.15, 0.2) is 0 Å². The first-order valence-electron chi connectivity index (χ1n) is 3.92. The second kappa shape index (κ2) is 7.35. The molecule has 1 unspecified atom stereocenters. The van der Waals surface area contributed by atoms with E-state index in [1.807, 2.05) is 18.0 Å². The standard InChI is InChI=1S/C8H15ClN2O/c1-11(4-3-5-12-2)7-8(9)6-10/h8H,3-5,7H2,1-2H3. The van der Waals surface area contributed by atoms with Gasteiger partial charge in [0.25, 0.3) is 0 Å². The van der Waals surface area contributed by atoms with Crippen molar-refractivity contribution in [3.8, 4) is 6.07 Å². The average molecular weight is 191 g/mol. The first-order valence-corrected chi connectivity index (χ1v) is 4.35. The van der Waals surface area contributed by atoms with Crippen LogP contribution in [0.5, 0.6) is 0 Å². The Morgan fingerprint density at radius 3 is 2.83 bits per heavy atom. The molecule has 0 aliphatic rings. The number of nitrogens with zero attached hydrogens (tertiary/aromatic N) is 2. The summed E-state index contributed by atoms with van der Waals surface area (Å²) < 4.78 is 4.90. The maximum Gasteiger partial charge on any atom is 0.133 e. The maximum absolute atomic E-state index is 8.42. The van der Waals surface area contributed by atoms with E-state index in [1.54, 1.807) is 7.11 Å². The fourth-order valence-electron chi connectivity index (χ4n) is 0.885. The van der Waals surface area contributed by atoms with Crippen molar-refractivity contribution in [1.82, 2.24) is 4.90 Å². The van der Waals surface area contributed by atoms with Crippen molar-refractivity contribution in [1.29, 1.82) is 5.26 Å². The monoisotopic (exact) mass is 190 g/mol. The zero-order chi connectivity index (χ0) is 9.40.